The highest BCUT2D eigenvalue weighted by Crippen LogP contribution is 2.37. The van der Waals surface area contributed by atoms with Gasteiger partial charge >= 0.3 is 12.1 Å². The Labute approximate surface area is 113 Å². The Kier molecular flexibility index (Phi) is 3.87. The van der Waals surface area contributed by atoms with E-state index in [0.29, 0.717) is 5.56 Å². The number of carbonyl (C=O) groups is 1. The van der Waals surface area contributed by atoms with Crippen molar-refractivity contribution in [3.8, 4) is 0 Å². The molecule has 2 rings (SSSR count). The summed E-state index contributed by atoms with van der Waals surface area (Å²) in [5.74, 6) is -2.44. The van der Waals surface area contributed by atoms with E-state index in [-0.39, 0.29) is 6.61 Å². The van der Waals surface area contributed by atoms with Crippen molar-refractivity contribution in [1.29, 1.82) is 0 Å². The standard InChI is InChI=1S/C13H12F3NO3/c1-2-19-12(18)9-10(13(14,15)16)20-11(17-9)8-6-4-3-5-7-8/h3-7,11,17H,2H2,1H3. The molecule has 1 aromatic carbocycles. The van der Waals surface area contributed by atoms with Crippen LogP contribution < -0.4 is 5.32 Å². The van der Waals surface area contributed by atoms with Crippen LogP contribution >= 0.6 is 0 Å². The molecule has 1 atom stereocenters. The molecule has 1 unspecified atom stereocenters. The molecule has 0 aromatic heterocycles. The molecule has 0 saturated carbocycles. The highest BCUT2D eigenvalue weighted by molar-refractivity contribution is 5.89. The number of ether oxygens (including phenoxy) is 2. The Morgan fingerprint density at radius 2 is 2.00 bits per heavy atom. The zero-order chi connectivity index (χ0) is 14.8. The smallest absolute Gasteiger partial charge is 0.451 e. The van der Waals surface area contributed by atoms with Crippen LogP contribution in [0.25, 0.3) is 0 Å². The SMILES string of the molecule is CCOC(=O)C1=C(C(F)(F)F)OC(c2ccccc2)N1. The Balaban J connectivity index is 2.27. The van der Waals surface area contributed by atoms with Crippen LogP contribution in [0.2, 0.25) is 0 Å². The van der Waals surface area contributed by atoms with Crippen LogP contribution in [0, 0.1) is 0 Å². The number of alkyl halides is 3. The number of rotatable bonds is 3. The van der Waals surface area contributed by atoms with Crippen LogP contribution in [0.5, 0.6) is 0 Å². The number of esters is 1. The average molecular weight is 287 g/mol. The van der Waals surface area contributed by atoms with Crippen LogP contribution in [-0.2, 0) is 14.3 Å². The van der Waals surface area contributed by atoms with E-state index < -0.39 is 29.8 Å². The van der Waals surface area contributed by atoms with Gasteiger partial charge in [0, 0.05) is 5.56 Å². The summed E-state index contributed by atoms with van der Waals surface area (Å²) < 4.78 is 48.0. The maximum Gasteiger partial charge on any atom is 0.451 e. The number of benzene rings is 1. The molecule has 0 radical (unpaired) electrons. The van der Waals surface area contributed by atoms with Gasteiger partial charge in [-0.1, -0.05) is 30.3 Å². The first-order valence-electron chi connectivity index (χ1n) is 5.90. The Morgan fingerprint density at radius 3 is 2.55 bits per heavy atom. The highest BCUT2D eigenvalue weighted by atomic mass is 19.4. The van der Waals surface area contributed by atoms with E-state index in [9.17, 15) is 18.0 Å². The van der Waals surface area contributed by atoms with Crippen molar-refractivity contribution in [2.45, 2.75) is 19.3 Å². The summed E-state index contributed by atoms with van der Waals surface area (Å²) in [6, 6.07) is 8.24. The molecule has 0 aliphatic carbocycles. The molecular weight excluding hydrogens is 275 g/mol. The maximum atomic E-state index is 12.9. The zero-order valence-electron chi connectivity index (χ0n) is 10.5. The van der Waals surface area contributed by atoms with Crippen molar-refractivity contribution in [2.24, 2.45) is 0 Å². The minimum Gasteiger partial charge on any atom is -0.461 e. The summed E-state index contributed by atoms with van der Waals surface area (Å²) in [4.78, 5) is 11.6. The fraction of sp³-hybridized carbons (Fsp3) is 0.308. The predicted octanol–water partition coefficient (Wildman–Crippen LogP) is 2.64. The topological polar surface area (TPSA) is 47.6 Å². The van der Waals surface area contributed by atoms with E-state index in [0.717, 1.165) is 0 Å². The van der Waals surface area contributed by atoms with Crippen LogP contribution in [0.15, 0.2) is 41.8 Å². The number of allylic oxidation sites excluding steroid dienone is 1. The molecule has 0 spiro atoms. The number of carbonyl (C=O) groups excluding carboxylic acids is 1. The average Bonchev–Trinajstić information content (AvgIpc) is 2.85. The lowest BCUT2D eigenvalue weighted by atomic mass is 10.2. The van der Waals surface area contributed by atoms with E-state index in [1.807, 2.05) is 0 Å². The lowest BCUT2D eigenvalue weighted by Crippen LogP contribution is -2.23. The van der Waals surface area contributed by atoms with Crippen molar-refractivity contribution in [1.82, 2.24) is 5.32 Å². The van der Waals surface area contributed by atoms with Gasteiger partial charge in [-0.25, -0.2) is 4.79 Å². The minimum atomic E-state index is -4.77. The van der Waals surface area contributed by atoms with Gasteiger partial charge in [-0.05, 0) is 6.92 Å². The van der Waals surface area contributed by atoms with E-state index in [1.54, 1.807) is 30.3 Å². The molecule has 7 heteroatoms. The Morgan fingerprint density at radius 1 is 1.35 bits per heavy atom. The summed E-state index contributed by atoms with van der Waals surface area (Å²) in [5.41, 5.74) is -0.221. The molecule has 0 bridgehead atoms. The second-order valence-electron chi connectivity index (χ2n) is 3.98. The molecule has 1 N–H and O–H groups in total. The summed E-state index contributed by atoms with van der Waals surface area (Å²) >= 11 is 0. The molecule has 4 nitrogen and oxygen atoms in total. The van der Waals surface area contributed by atoms with Gasteiger partial charge in [0.05, 0.1) is 6.61 Å². The molecule has 20 heavy (non-hydrogen) atoms. The number of halogens is 3. The summed E-state index contributed by atoms with van der Waals surface area (Å²) in [6.45, 7) is 1.49. The molecule has 1 aromatic rings. The Bertz CT molecular complexity index is 525. The van der Waals surface area contributed by atoms with Gasteiger partial charge in [-0.15, -0.1) is 0 Å². The number of hydrogen-bond acceptors (Lipinski definition) is 4. The van der Waals surface area contributed by atoms with E-state index in [1.165, 1.54) is 6.92 Å². The lowest BCUT2D eigenvalue weighted by molar-refractivity contribution is -0.143. The Hall–Kier alpha value is -2.18. The van der Waals surface area contributed by atoms with E-state index in [4.69, 9.17) is 4.74 Å². The normalized spacial score (nSPS) is 18.5. The highest BCUT2D eigenvalue weighted by Gasteiger charge is 2.47. The van der Waals surface area contributed by atoms with Gasteiger partial charge in [0.15, 0.2) is 11.9 Å². The summed E-state index contributed by atoms with van der Waals surface area (Å²) in [7, 11) is 0. The van der Waals surface area contributed by atoms with Gasteiger partial charge in [-0.3, -0.25) is 0 Å². The molecular formula is C13H12F3NO3. The molecule has 108 valence electrons. The fourth-order valence-corrected chi connectivity index (χ4v) is 1.75. The second kappa shape index (κ2) is 5.44. The van der Waals surface area contributed by atoms with Crippen LogP contribution in [0.4, 0.5) is 13.2 Å². The zero-order valence-corrected chi connectivity index (χ0v) is 10.5. The lowest BCUT2D eigenvalue weighted by Gasteiger charge is -2.14. The van der Waals surface area contributed by atoms with Crippen LogP contribution in [0.3, 0.4) is 0 Å². The van der Waals surface area contributed by atoms with Crippen LogP contribution in [0.1, 0.15) is 18.7 Å². The van der Waals surface area contributed by atoms with Gasteiger partial charge in [0.1, 0.15) is 0 Å². The van der Waals surface area contributed by atoms with Crippen molar-refractivity contribution in [3.05, 3.63) is 47.4 Å². The monoisotopic (exact) mass is 287 g/mol. The first-order chi connectivity index (χ1) is 9.43. The van der Waals surface area contributed by atoms with Crippen molar-refractivity contribution in [3.63, 3.8) is 0 Å². The predicted molar refractivity (Wildman–Crippen MR) is 63.1 cm³/mol. The van der Waals surface area contributed by atoms with Gasteiger partial charge < -0.3 is 14.8 Å². The van der Waals surface area contributed by atoms with Crippen molar-refractivity contribution < 1.29 is 27.4 Å². The third kappa shape index (κ3) is 2.87. The molecule has 1 heterocycles. The molecule has 0 amide bonds. The maximum absolute atomic E-state index is 12.9. The quantitative estimate of drug-likeness (QED) is 0.868. The second-order valence-corrected chi connectivity index (χ2v) is 3.98. The third-order valence-electron chi connectivity index (χ3n) is 2.58. The minimum absolute atomic E-state index is 0.0227. The molecule has 1 aliphatic heterocycles. The summed E-state index contributed by atoms with van der Waals surface area (Å²) in [5, 5.41) is 2.41. The van der Waals surface area contributed by atoms with Crippen molar-refractivity contribution >= 4 is 5.97 Å². The molecule has 0 fully saturated rings. The third-order valence-corrected chi connectivity index (χ3v) is 2.58. The number of hydrogen-bond donors (Lipinski definition) is 1. The first-order valence-corrected chi connectivity index (χ1v) is 5.90. The fourth-order valence-electron chi connectivity index (χ4n) is 1.75. The summed E-state index contributed by atoms with van der Waals surface area (Å²) in [6.07, 6.45) is -5.83. The van der Waals surface area contributed by atoms with Crippen LogP contribution in [-0.4, -0.2) is 18.8 Å². The number of nitrogens with one attached hydrogen (secondary N) is 1. The first kappa shape index (κ1) is 14.2. The van der Waals surface area contributed by atoms with Gasteiger partial charge in [0.2, 0.25) is 5.76 Å². The van der Waals surface area contributed by atoms with E-state index >= 15 is 0 Å². The molecule has 1 aliphatic rings. The van der Waals surface area contributed by atoms with Crippen molar-refractivity contribution in [2.75, 3.05) is 6.61 Å². The van der Waals surface area contributed by atoms with Gasteiger partial charge in [-0.2, -0.15) is 13.2 Å². The molecule has 0 saturated heterocycles. The van der Waals surface area contributed by atoms with E-state index in [2.05, 4.69) is 10.1 Å². The largest absolute Gasteiger partial charge is 0.461 e. The van der Waals surface area contributed by atoms with Gasteiger partial charge in [0.25, 0.3) is 0 Å².